The van der Waals surface area contributed by atoms with Crippen LogP contribution in [0.2, 0.25) is 0 Å². The Labute approximate surface area is 87.3 Å². The lowest BCUT2D eigenvalue weighted by molar-refractivity contribution is 0.555. The zero-order chi connectivity index (χ0) is 9.54. The van der Waals surface area contributed by atoms with E-state index >= 15 is 0 Å². The first-order valence-electron chi connectivity index (χ1n) is 4.97. The summed E-state index contributed by atoms with van der Waals surface area (Å²) in [7, 11) is 0. The molecule has 3 aliphatic heterocycles. The number of nitrogens with zero attached hydrogens (tertiary/aromatic N) is 1. The Hall–Kier alpha value is -0.700. The number of benzene rings is 1. The number of anilines is 1. The van der Waals surface area contributed by atoms with Crippen molar-refractivity contribution >= 4 is 17.4 Å². The van der Waals surface area contributed by atoms with Gasteiger partial charge >= 0.3 is 0 Å². The van der Waals surface area contributed by atoms with Crippen molar-refractivity contribution in [2.45, 2.75) is 16.9 Å². The van der Waals surface area contributed by atoms with Gasteiger partial charge in [-0.2, -0.15) is 11.8 Å². The first-order valence-corrected chi connectivity index (χ1v) is 5.91. The maximum Gasteiger partial charge on any atom is 0.125 e. The molecule has 2 unspecified atom stereocenters. The van der Waals surface area contributed by atoms with Gasteiger partial charge in [-0.25, -0.2) is 4.39 Å². The highest BCUT2D eigenvalue weighted by atomic mass is 32.2. The predicted octanol–water partition coefficient (Wildman–Crippen LogP) is 2.52. The topological polar surface area (TPSA) is 3.24 Å². The molecule has 1 aromatic carbocycles. The van der Waals surface area contributed by atoms with Crippen LogP contribution in [0.1, 0.15) is 6.42 Å². The predicted molar refractivity (Wildman–Crippen MR) is 58.4 cm³/mol. The van der Waals surface area contributed by atoms with Crippen molar-refractivity contribution < 1.29 is 4.39 Å². The molecule has 4 rings (SSSR count). The van der Waals surface area contributed by atoms with Gasteiger partial charge in [-0.05, 0) is 24.6 Å². The van der Waals surface area contributed by atoms with E-state index in [0.29, 0.717) is 0 Å². The molecule has 0 radical (unpaired) electrons. The fourth-order valence-corrected chi connectivity index (χ4v) is 3.64. The van der Waals surface area contributed by atoms with Gasteiger partial charge in [0.15, 0.2) is 0 Å². The van der Waals surface area contributed by atoms with Gasteiger partial charge in [-0.1, -0.05) is 6.07 Å². The maximum absolute atomic E-state index is 13.0. The Morgan fingerprint density at radius 1 is 1.29 bits per heavy atom. The van der Waals surface area contributed by atoms with Crippen LogP contribution >= 0.6 is 11.8 Å². The first kappa shape index (κ1) is 8.60. The second-order valence-corrected chi connectivity index (χ2v) is 5.61. The maximum atomic E-state index is 13.0. The molecule has 2 atom stereocenters. The monoisotopic (exact) mass is 209 g/mol. The fraction of sp³-hybridized carbons (Fsp3) is 0.455. The molecule has 74 valence electrons. The highest BCUT2D eigenvalue weighted by molar-refractivity contribution is 8.02. The molecule has 0 saturated carbocycles. The van der Waals surface area contributed by atoms with Crippen molar-refractivity contribution in [3.05, 3.63) is 30.1 Å². The number of hydrogen-bond acceptors (Lipinski definition) is 2. The van der Waals surface area contributed by atoms with Gasteiger partial charge in [0.05, 0.1) is 0 Å². The average Bonchev–Trinajstić information content (AvgIpc) is 2.17. The lowest BCUT2D eigenvalue weighted by Crippen LogP contribution is -2.51. The summed E-state index contributed by atoms with van der Waals surface area (Å²) in [6.07, 6.45) is 1.36. The van der Waals surface area contributed by atoms with Gasteiger partial charge in [0, 0.05) is 29.3 Å². The summed E-state index contributed by atoms with van der Waals surface area (Å²) in [4.78, 5) is 2.30. The van der Waals surface area contributed by atoms with E-state index in [-0.39, 0.29) is 5.82 Å². The molecule has 1 nitrogen and oxygen atoms in total. The van der Waals surface area contributed by atoms with E-state index in [1.54, 1.807) is 12.1 Å². The molecule has 0 N–H and O–H groups in total. The van der Waals surface area contributed by atoms with Gasteiger partial charge in [0.2, 0.25) is 0 Å². The molecule has 3 heterocycles. The molecular weight excluding hydrogens is 197 g/mol. The van der Waals surface area contributed by atoms with Crippen molar-refractivity contribution in [3.63, 3.8) is 0 Å². The van der Waals surface area contributed by atoms with Crippen LogP contribution in [0.3, 0.4) is 0 Å². The van der Waals surface area contributed by atoms with E-state index in [1.807, 2.05) is 6.07 Å². The van der Waals surface area contributed by atoms with Crippen LogP contribution in [-0.4, -0.2) is 23.6 Å². The Morgan fingerprint density at radius 3 is 2.64 bits per heavy atom. The highest BCUT2D eigenvalue weighted by Gasteiger charge is 2.37. The molecule has 14 heavy (non-hydrogen) atoms. The number of halogens is 1. The molecule has 0 aromatic heterocycles. The van der Waals surface area contributed by atoms with Gasteiger partial charge in [0.25, 0.3) is 0 Å². The van der Waals surface area contributed by atoms with E-state index in [2.05, 4.69) is 16.7 Å². The van der Waals surface area contributed by atoms with Crippen LogP contribution in [0.5, 0.6) is 0 Å². The van der Waals surface area contributed by atoms with E-state index < -0.39 is 0 Å². The van der Waals surface area contributed by atoms with Crippen molar-refractivity contribution in [2.75, 3.05) is 18.0 Å². The average molecular weight is 209 g/mol. The van der Waals surface area contributed by atoms with Crippen LogP contribution in [0.4, 0.5) is 10.1 Å². The molecule has 0 amide bonds. The Bertz CT molecular complexity index is 339. The molecule has 3 heteroatoms. The Balaban J connectivity index is 1.82. The fourth-order valence-electron chi connectivity index (χ4n) is 2.24. The van der Waals surface area contributed by atoms with Gasteiger partial charge in [0.1, 0.15) is 5.82 Å². The van der Waals surface area contributed by atoms with Crippen LogP contribution in [0.25, 0.3) is 0 Å². The van der Waals surface area contributed by atoms with Gasteiger partial charge in [-0.3, -0.25) is 0 Å². The number of fused-ring (bicyclic) bond motifs is 2. The van der Waals surface area contributed by atoms with Gasteiger partial charge < -0.3 is 4.90 Å². The molecule has 0 aliphatic carbocycles. The standard InChI is InChI=1S/C11H12FNS/c12-8-2-1-3-9(4-8)13-6-10-5-11(7-13)14-10/h1-4,10-11H,5-7H2. The molecule has 3 saturated heterocycles. The zero-order valence-electron chi connectivity index (χ0n) is 7.82. The highest BCUT2D eigenvalue weighted by Crippen LogP contribution is 2.42. The number of hydrogen-bond donors (Lipinski definition) is 0. The minimum absolute atomic E-state index is 0.130. The SMILES string of the molecule is Fc1cccc(N2CC3CC(C2)S3)c1. The lowest BCUT2D eigenvalue weighted by Gasteiger charge is -2.47. The van der Waals surface area contributed by atoms with Crippen LogP contribution < -0.4 is 4.90 Å². The number of piperidine rings is 1. The normalized spacial score (nSPS) is 29.9. The largest absolute Gasteiger partial charge is 0.369 e. The first-order chi connectivity index (χ1) is 6.81. The molecule has 3 fully saturated rings. The third-order valence-corrected chi connectivity index (χ3v) is 4.38. The van der Waals surface area contributed by atoms with Crippen LogP contribution in [0, 0.1) is 5.82 Å². The second-order valence-electron chi connectivity index (χ2n) is 4.00. The summed E-state index contributed by atoms with van der Waals surface area (Å²) >= 11 is 2.08. The summed E-state index contributed by atoms with van der Waals surface area (Å²) in [5.74, 6) is -0.130. The Kier molecular flexibility index (Phi) is 1.94. The third-order valence-electron chi connectivity index (χ3n) is 2.93. The molecule has 2 bridgehead atoms. The minimum atomic E-state index is -0.130. The van der Waals surface area contributed by atoms with E-state index in [4.69, 9.17) is 0 Å². The van der Waals surface area contributed by atoms with Crippen molar-refractivity contribution in [2.24, 2.45) is 0 Å². The minimum Gasteiger partial charge on any atom is -0.369 e. The quantitative estimate of drug-likeness (QED) is 0.699. The molecule has 1 aromatic rings. The van der Waals surface area contributed by atoms with Crippen molar-refractivity contribution in [1.29, 1.82) is 0 Å². The summed E-state index contributed by atoms with van der Waals surface area (Å²) < 4.78 is 13.0. The molecule has 3 aliphatic rings. The lowest BCUT2D eigenvalue weighted by atomic mass is 10.1. The summed E-state index contributed by atoms with van der Waals surface area (Å²) in [6, 6.07) is 6.93. The number of thioether (sulfide) groups is 1. The summed E-state index contributed by atoms with van der Waals surface area (Å²) in [6.45, 7) is 2.18. The van der Waals surface area contributed by atoms with E-state index in [9.17, 15) is 4.39 Å². The smallest absolute Gasteiger partial charge is 0.125 e. The third kappa shape index (κ3) is 1.40. The molecular formula is C11H12FNS. The Morgan fingerprint density at radius 2 is 2.00 bits per heavy atom. The second kappa shape index (κ2) is 3.16. The number of rotatable bonds is 1. The molecule has 0 spiro atoms. The summed E-state index contributed by atoms with van der Waals surface area (Å²) in [5, 5.41) is 1.58. The van der Waals surface area contributed by atoms with E-state index in [0.717, 1.165) is 29.3 Å². The van der Waals surface area contributed by atoms with Crippen molar-refractivity contribution in [1.82, 2.24) is 0 Å². The summed E-state index contributed by atoms with van der Waals surface area (Å²) in [5.41, 5.74) is 1.04. The van der Waals surface area contributed by atoms with Crippen LogP contribution in [-0.2, 0) is 0 Å². The zero-order valence-corrected chi connectivity index (χ0v) is 8.64. The van der Waals surface area contributed by atoms with Crippen molar-refractivity contribution in [3.8, 4) is 0 Å². The van der Waals surface area contributed by atoms with Gasteiger partial charge in [-0.15, -0.1) is 0 Å². The van der Waals surface area contributed by atoms with E-state index in [1.165, 1.54) is 12.5 Å². The van der Waals surface area contributed by atoms with Crippen LogP contribution in [0.15, 0.2) is 24.3 Å².